The van der Waals surface area contributed by atoms with Gasteiger partial charge in [0.25, 0.3) is 5.91 Å². The second kappa shape index (κ2) is 9.23. The molecule has 0 aliphatic rings. The highest BCUT2D eigenvalue weighted by molar-refractivity contribution is 8.00. The van der Waals surface area contributed by atoms with Crippen LogP contribution in [-0.4, -0.2) is 24.6 Å². The molecular weight excluding hydrogens is 379 g/mol. The van der Waals surface area contributed by atoms with Gasteiger partial charge in [0.15, 0.2) is 0 Å². The molecule has 1 aromatic heterocycles. The predicted octanol–water partition coefficient (Wildman–Crippen LogP) is 4.10. The Bertz CT molecular complexity index is 943. The molecule has 3 aromatic rings. The molecule has 3 rings (SSSR count). The summed E-state index contributed by atoms with van der Waals surface area (Å²) in [5.74, 6) is 0.0384. The Labute approximate surface area is 166 Å². The summed E-state index contributed by atoms with van der Waals surface area (Å²) in [6, 6.07) is 16.4. The number of thioether (sulfide) groups is 1. The number of furan rings is 1. The summed E-state index contributed by atoms with van der Waals surface area (Å²) < 4.78 is 18.2. The molecule has 0 saturated carbocycles. The Morgan fingerprint density at radius 1 is 1.07 bits per heavy atom. The van der Waals surface area contributed by atoms with Crippen molar-refractivity contribution in [1.82, 2.24) is 5.32 Å². The van der Waals surface area contributed by atoms with E-state index in [0.717, 1.165) is 4.90 Å². The van der Waals surface area contributed by atoms with Crippen LogP contribution in [0.15, 0.2) is 76.2 Å². The molecule has 0 aliphatic heterocycles. The Morgan fingerprint density at radius 2 is 1.82 bits per heavy atom. The highest BCUT2D eigenvalue weighted by atomic mass is 32.2. The van der Waals surface area contributed by atoms with E-state index in [9.17, 15) is 14.0 Å². The van der Waals surface area contributed by atoms with Crippen molar-refractivity contribution in [2.45, 2.75) is 11.4 Å². The van der Waals surface area contributed by atoms with Crippen molar-refractivity contribution < 1.29 is 18.4 Å². The fraction of sp³-hybridized carbons (Fsp3) is 0.143. The Morgan fingerprint density at radius 3 is 2.54 bits per heavy atom. The summed E-state index contributed by atoms with van der Waals surface area (Å²) >= 11 is 1.31. The molecule has 5 nitrogen and oxygen atoms in total. The molecule has 7 heteroatoms. The molecule has 2 amide bonds. The van der Waals surface area contributed by atoms with Crippen LogP contribution in [-0.2, 0) is 11.3 Å². The van der Waals surface area contributed by atoms with Crippen molar-refractivity contribution in [1.29, 1.82) is 0 Å². The van der Waals surface area contributed by atoms with Gasteiger partial charge in [0, 0.05) is 11.9 Å². The fourth-order valence-electron chi connectivity index (χ4n) is 2.54. The minimum absolute atomic E-state index is 0.166. The van der Waals surface area contributed by atoms with Crippen LogP contribution in [0.3, 0.4) is 0 Å². The molecule has 0 bridgehead atoms. The van der Waals surface area contributed by atoms with E-state index in [1.165, 1.54) is 28.8 Å². The highest BCUT2D eigenvalue weighted by Gasteiger charge is 2.18. The molecule has 28 heavy (non-hydrogen) atoms. The van der Waals surface area contributed by atoms with E-state index in [1.54, 1.807) is 61.8 Å². The van der Waals surface area contributed by atoms with Crippen LogP contribution in [0.25, 0.3) is 0 Å². The Balaban J connectivity index is 1.65. The minimum Gasteiger partial charge on any atom is -0.467 e. The molecule has 0 atom stereocenters. The lowest BCUT2D eigenvalue weighted by Crippen LogP contribution is -2.31. The number of para-hydroxylation sites is 1. The molecule has 0 unspecified atom stereocenters. The Kier molecular flexibility index (Phi) is 6.49. The third-order valence-electron chi connectivity index (χ3n) is 4.06. The minimum atomic E-state index is -0.317. The normalized spacial score (nSPS) is 10.5. The fourth-order valence-corrected chi connectivity index (χ4v) is 3.35. The van der Waals surface area contributed by atoms with E-state index in [1.807, 2.05) is 0 Å². The Hall–Kier alpha value is -3.06. The molecule has 0 spiro atoms. The van der Waals surface area contributed by atoms with E-state index in [2.05, 4.69) is 5.32 Å². The van der Waals surface area contributed by atoms with E-state index in [-0.39, 0.29) is 29.9 Å². The van der Waals surface area contributed by atoms with Gasteiger partial charge < -0.3 is 14.6 Å². The van der Waals surface area contributed by atoms with Crippen molar-refractivity contribution in [2.75, 3.05) is 17.7 Å². The first-order valence-corrected chi connectivity index (χ1v) is 9.57. The molecular formula is C21H19FN2O3S. The summed E-state index contributed by atoms with van der Waals surface area (Å²) in [5.41, 5.74) is 0.917. The lowest BCUT2D eigenvalue weighted by Gasteiger charge is -2.20. The summed E-state index contributed by atoms with van der Waals surface area (Å²) in [6.45, 7) is 0.262. The van der Waals surface area contributed by atoms with Crippen LogP contribution in [0, 0.1) is 5.82 Å². The maximum absolute atomic E-state index is 13.0. The molecule has 0 aliphatic carbocycles. The number of amides is 2. The number of benzene rings is 2. The second-order valence-electron chi connectivity index (χ2n) is 5.97. The van der Waals surface area contributed by atoms with Crippen molar-refractivity contribution in [3.05, 3.63) is 84.1 Å². The van der Waals surface area contributed by atoms with Crippen LogP contribution in [0.4, 0.5) is 10.1 Å². The van der Waals surface area contributed by atoms with E-state index in [0.29, 0.717) is 17.0 Å². The number of anilines is 1. The van der Waals surface area contributed by atoms with Crippen LogP contribution in [0.1, 0.15) is 16.1 Å². The molecule has 1 N–H and O–H groups in total. The van der Waals surface area contributed by atoms with Gasteiger partial charge in [-0.15, -0.1) is 11.8 Å². The standard InChI is InChI=1S/C21H19FN2O3S/c1-24(20(25)14-28-17-10-8-15(22)9-11-17)19-7-3-2-6-18(19)21(26)23-13-16-5-4-12-27-16/h2-12H,13-14H2,1H3,(H,23,26). The zero-order chi connectivity index (χ0) is 19.9. The van der Waals surface area contributed by atoms with Crippen LogP contribution in [0.2, 0.25) is 0 Å². The van der Waals surface area contributed by atoms with Gasteiger partial charge >= 0.3 is 0 Å². The number of nitrogens with one attached hydrogen (secondary N) is 1. The van der Waals surface area contributed by atoms with Crippen molar-refractivity contribution in [3.63, 3.8) is 0 Å². The quantitative estimate of drug-likeness (QED) is 0.609. The van der Waals surface area contributed by atoms with Gasteiger partial charge in [-0.3, -0.25) is 9.59 Å². The number of carbonyl (C=O) groups is 2. The maximum Gasteiger partial charge on any atom is 0.253 e. The monoisotopic (exact) mass is 398 g/mol. The van der Waals surface area contributed by atoms with Gasteiger partial charge in [-0.2, -0.15) is 0 Å². The molecule has 1 heterocycles. The summed E-state index contributed by atoms with van der Waals surface area (Å²) in [4.78, 5) is 27.4. The second-order valence-corrected chi connectivity index (χ2v) is 7.02. The summed E-state index contributed by atoms with van der Waals surface area (Å²) in [6.07, 6.45) is 1.54. The number of hydrogen-bond donors (Lipinski definition) is 1. The average Bonchev–Trinajstić information content (AvgIpc) is 3.24. The first-order valence-electron chi connectivity index (χ1n) is 8.59. The van der Waals surface area contributed by atoms with Crippen molar-refractivity contribution in [3.8, 4) is 0 Å². The van der Waals surface area contributed by atoms with E-state index < -0.39 is 0 Å². The van der Waals surface area contributed by atoms with Gasteiger partial charge in [-0.05, 0) is 48.5 Å². The van der Waals surface area contributed by atoms with Crippen LogP contribution >= 0.6 is 11.8 Å². The highest BCUT2D eigenvalue weighted by Crippen LogP contribution is 2.23. The molecule has 2 aromatic carbocycles. The number of rotatable bonds is 7. The average molecular weight is 398 g/mol. The van der Waals surface area contributed by atoms with E-state index >= 15 is 0 Å². The van der Waals surface area contributed by atoms with E-state index in [4.69, 9.17) is 4.42 Å². The molecule has 0 radical (unpaired) electrons. The topological polar surface area (TPSA) is 62.6 Å². The van der Waals surface area contributed by atoms with Gasteiger partial charge in [0.1, 0.15) is 11.6 Å². The molecule has 144 valence electrons. The molecule has 0 saturated heterocycles. The lowest BCUT2D eigenvalue weighted by molar-refractivity contribution is -0.115. The first kappa shape index (κ1) is 19.7. The van der Waals surface area contributed by atoms with Gasteiger partial charge in [0.2, 0.25) is 5.91 Å². The van der Waals surface area contributed by atoms with Gasteiger partial charge in [-0.1, -0.05) is 12.1 Å². The molecule has 0 fully saturated rings. The van der Waals surface area contributed by atoms with Crippen LogP contribution < -0.4 is 10.2 Å². The summed E-state index contributed by atoms with van der Waals surface area (Å²) in [7, 11) is 1.63. The largest absolute Gasteiger partial charge is 0.467 e. The van der Waals surface area contributed by atoms with Gasteiger partial charge in [0.05, 0.1) is 29.8 Å². The first-order chi connectivity index (χ1) is 13.5. The van der Waals surface area contributed by atoms with Gasteiger partial charge in [-0.25, -0.2) is 4.39 Å². The van der Waals surface area contributed by atoms with Crippen molar-refractivity contribution >= 4 is 29.3 Å². The smallest absolute Gasteiger partial charge is 0.253 e. The summed E-state index contributed by atoms with van der Waals surface area (Å²) in [5, 5.41) is 2.79. The predicted molar refractivity (Wildman–Crippen MR) is 107 cm³/mol. The lowest BCUT2D eigenvalue weighted by atomic mass is 10.1. The SMILES string of the molecule is CN(C(=O)CSc1ccc(F)cc1)c1ccccc1C(=O)NCc1ccco1. The number of hydrogen-bond acceptors (Lipinski definition) is 4. The maximum atomic E-state index is 13.0. The third kappa shape index (κ3) is 5.01. The van der Waals surface area contributed by atoms with Crippen molar-refractivity contribution in [2.24, 2.45) is 0 Å². The van der Waals surface area contributed by atoms with Crippen LogP contribution in [0.5, 0.6) is 0 Å². The zero-order valence-electron chi connectivity index (χ0n) is 15.2. The number of nitrogens with zero attached hydrogens (tertiary/aromatic N) is 1. The number of halogens is 1. The zero-order valence-corrected chi connectivity index (χ0v) is 16.0. The number of carbonyl (C=O) groups excluding carboxylic acids is 2. The third-order valence-corrected chi connectivity index (χ3v) is 5.06.